The number of halogens is 1. The lowest BCUT2D eigenvalue weighted by atomic mass is 10.0. The predicted octanol–water partition coefficient (Wildman–Crippen LogP) is 2.53. The van der Waals surface area contributed by atoms with E-state index in [2.05, 4.69) is 20.9 Å². The molecule has 0 spiro atoms. The Morgan fingerprint density at radius 1 is 1.67 bits per heavy atom. The molecule has 0 aromatic carbocycles. The van der Waals surface area contributed by atoms with Crippen LogP contribution >= 0.6 is 27.3 Å². The number of thiazole rings is 1. The van der Waals surface area contributed by atoms with Crippen molar-refractivity contribution in [3.63, 3.8) is 0 Å². The van der Waals surface area contributed by atoms with Crippen LogP contribution in [0.15, 0.2) is 11.7 Å². The van der Waals surface area contributed by atoms with Gasteiger partial charge in [0, 0.05) is 17.9 Å². The van der Waals surface area contributed by atoms with Gasteiger partial charge in [-0.1, -0.05) is 15.9 Å². The maximum Gasteiger partial charge on any atom is 0.265 e. The molecule has 0 aliphatic carbocycles. The minimum absolute atomic E-state index is 0.140. The summed E-state index contributed by atoms with van der Waals surface area (Å²) in [5, 5.41) is 0.873. The van der Waals surface area contributed by atoms with Crippen LogP contribution < -0.4 is 0 Å². The van der Waals surface area contributed by atoms with Gasteiger partial charge in [-0.15, -0.1) is 11.3 Å². The number of likely N-dealkylation sites (tertiary alicyclic amines) is 1. The van der Waals surface area contributed by atoms with Gasteiger partial charge in [0.2, 0.25) is 0 Å². The van der Waals surface area contributed by atoms with E-state index in [1.165, 1.54) is 17.8 Å². The molecule has 1 aromatic rings. The Balaban J connectivity index is 2.11. The lowest BCUT2D eigenvalue weighted by Gasteiger charge is -2.34. The molecule has 1 amide bonds. The Morgan fingerprint density at radius 3 is 3.20 bits per heavy atom. The largest absolute Gasteiger partial charge is 0.334 e. The molecule has 2 heterocycles. The third kappa shape index (κ3) is 2.39. The highest BCUT2D eigenvalue weighted by Crippen LogP contribution is 2.22. The normalized spacial score (nSPS) is 21.7. The summed E-state index contributed by atoms with van der Waals surface area (Å²) in [6.07, 6.45) is 5.11. The molecule has 1 aromatic heterocycles. The van der Waals surface area contributed by atoms with Crippen LogP contribution in [0.1, 0.15) is 28.9 Å². The molecule has 1 aliphatic rings. The second-order valence-electron chi connectivity index (χ2n) is 3.67. The zero-order valence-electron chi connectivity index (χ0n) is 8.36. The standard InChI is InChI=1S/C10H13BrN2OS/c11-5-8-3-1-2-4-13(8)10(14)9-6-12-7-15-9/h6-8H,1-5H2. The molecule has 0 radical (unpaired) electrons. The van der Waals surface area contributed by atoms with Crippen molar-refractivity contribution in [2.45, 2.75) is 25.3 Å². The van der Waals surface area contributed by atoms with Crippen molar-refractivity contribution in [1.82, 2.24) is 9.88 Å². The number of rotatable bonds is 2. The Labute approximate surface area is 102 Å². The van der Waals surface area contributed by atoms with Gasteiger partial charge in [0.1, 0.15) is 4.88 Å². The van der Waals surface area contributed by atoms with Crippen molar-refractivity contribution in [2.75, 3.05) is 11.9 Å². The van der Waals surface area contributed by atoms with Crippen molar-refractivity contribution < 1.29 is 4.79 Å². The molecule has 1 saturated heterocycles. The molecule has 1 unspecified atom stereocenters. The lowest BCUT2D eigenvalue weighted by Crippen LogP contribution is -2.44. The highest BCUT2D eigenvalue weighted by molar-refractivity contribution is 9.09. The molecule has 1 fully saturated rings. The number of hydrogen-bond donors (Lipinski definition) is 0. The number of amides is 1. The summed E-state index contributed by atoms with van der Waals surface area (Å²) < 4.78 is 0. The number of alkyl halides is 1. The monoisotopic (exact) mass is 288 g/mol. The summed E-state index contributed by atoms with van der Waals surface area (Å²) in [5.41, 5.74) is 1.71. The minimum atomic E-state index is 0.140. The Kier molecular flexibility index (Phi) is 3.75. The predicted molar refractivity (Wildman–Crippen MR) is 64.6 cm³/mol. The molecule has 0 N–H and O–H groups in total. The molecule has 82 valence electrons. The second kappa shape index (κ2) is 5.07. The number of hydrogen-bond acceptors (Lipinski definition) is 3. The summed E-state index contributed by atoms with van der Waals surface area (Å²) in [5.74, 6) is 0.140. The second-order valence-corrected chi connectivity index (χ2v) is 5.20. The number of carbonyl (C=O) groups excluding carboxylic acids is 1. The van der Waals surface area contributed by atoms with Crippen LogP contribution in [0.5, 0.6) is 0 Å². The lowest BCUT2D eigenvalue weighted by molar-refractivity contribution is 0.0646. The van der Waals surface area contributed by atoms with Crippen LogP contribution in [-0.2, 0) is 0 Å². The van der Waals surface area contributed by atoms with E-state index in [9.17, 15) is 4.79 Å². The van der Waals surface area contributed by atoms with E-state index in [4.69, 9.17) is 0 Å². The quantitative estimate of drug-likeness (QED) is 0.784. The average Bonchev–Trinajstić information content (AvgIpc) is 2.81. The van der Waals surface area contributed by atoms with E-state index < -0.39 is 0 Å². The van der Waals surface area contributed by atoms with Crippen LogP contribution in [0.4, 0.5) is 0 Å². The molecule has 1 aliphatic heterocycles. The Hall–Kier alpha value is -0.420. The molecule has 3 nitrogen and oxygen atoms in total. The van der Waals surface area contributed by atoms with Crippen LogP contribution in [0.2, 0.25) is 0 Å². The smallest absolute Gasteiger partial charge is 0.265 e. The number of nitrogens with zero attached hydrogens (tertiary/aromatic N) is 2. The van der Waals surface area contributed by atoms with Gasteiger partial charge in [-0.2, -0.15) is 0 Å². The van der Waals surface area contributed by atoms with E-state index in [1.807, 2.05) is 4.90 Å². The SMILES string of the molecule is O=C(c1cncs1)N1CCCCC1CBr. The first-order chi connectivity index (χ1) is 7.33. The molecule has 5 heteroatoms. The number of carbonyl (C=O) groups is 1. The van der Waals surface area contributed by atoms with Gasteiger partial charge in [-0.3, -0.25) is 9.78 Å². The molecule has 0 bridgehead atoms. The van der Waals surface area contributed by atoms with E-state index in [0.717, 1.165) is 29.6 Å². The van der Waals surface area contributed by atoms with E-state index in [1.54, 1.807) is 11.7 Å². The van der Waals surface area contributed by atoms with Crippen LogP contribution in [0.25, 0.3) is 0 Å². The van der Waals surface area contributed by atoms with Gasteiger partial charge >= 0.3 is 0 Å². The highest BCUT2D eigenvalue weighted by atomic mass is 79.9. The van der Waals surface area contributed by atoms with Gasteiger partial charge in [-0.05, 0) is 19.3 Å². The molecular weight excluding hydrogens is 276 g/mol. The minimum Gasteiger partial charge on any atom is -0.334 e. The van der Waals surface area contributed by atoms with E-state index in [0.29, 0.717) is 6.04 Å². The first-order valence-corrected chi connectivity index (χ1v) is 7.08. The van der Waals surface area contributed by atoms with Crippen LogP contribution in [-0.4, -0.2) is 33.7 Å². The fourth-order valence-corrected chi connectivity index (χ4v) is 3.14. The van der Waals surface area contributed by atoms with Crippen molar-refractivity contribution in [3.05, 3.63) is 16.6 Å². The summed E-state index contributed by atoms with van der Waals surface area (Å²) in [4.78, 5) is 18.8. The first kappa shape index (κ1) is 11.1. The fourth-order valence-electron chi connectivity index (χ4n) is 1.89. The summed E-state index contributed by atoms with van der Waals surface area (Å²) in [7, 11) is 0. The van der Waals surface area contributed by atoms with Crippen molar-refractivity contribution >= 4 is 33.2 Å². The third-order valence-corrected chi connectivity index (χ3v) is 4.22. The maximum atomic E-state index is 12.1. The van der Waals surface area contributed by atoms with Gasteiger partial charge in [0.25, 0.3) is 5.91 Å². The molecule has 2 rings (SSSR count). The third-order valence-electron chi connectivity index (χ3n) is 2.71. The zero-order chi connectivity index (χ0) is 10.7. The van der Waals surface area contributed by atoms with Crippen LogP contribution in [0.3, 0.4) is 0 Å². The van der Waals surface area contributed by atoms with E-state index >= 15 is 0 Å². The van der Waals surface area contributed by atoms with E-state index in [-0.39, 0.29) is 5.91 Å². The molecule has 15 heavy (non-hydrogen) atoms. The van der Waals surface area contributed by atoms with Gasteiger partial charge in [-0.25, -0.2) is 0 Å². The summed E-state index contributed by atoms with van der Waals surface area (Å²) >= 11 is 4.90. The highest BCUT2D eigenvalue weighted by Gasteiger charge is 2.27. The Morgan fingerprint density at radius 2 is 2.53 bits per heavy atom. The number of piperidine rings is 1. The molecule has 0 saturated carbocycles. The van der Waals surface area contributed by atoms with Gasteiger partial charge in [0.15, 0.2) is 0 Å². The first-order valence-electron chi connectivity index (χ1n) is 5.08. The van der Waals surface area contributed by atoms with Crippen molar-refractivity contribution in [2.24, 2.45) is 0 Å². The van der Waals surface area contributed by atoms with Gasteiger partial charge < -0.3 is 4.90 Å². The summed E-state index contributed by atoms with van der Waals surface area (Å²) in [6.45, 7) is 0.882. The van der Waals surface area contributed by atoms with Gasteiger partial charge in [0.05, 0.1) is 11.7 Å². The molecular formula is C10H13BrN2OS. The fraction of sp³-hybridized carbons (Fsp3) is 0.600. The average molecular weight is 289 g/mol. The topological polar surface area (TPSA) is 33.2 Å². The molecule has 1 atom stereocenters. The van der Waals surface area contributed by atoms with Crippen molar-refractivity contribution in [1.29, 1.82) is 0 Å². The van der Waals surface area contributed by atoms with Crippen LogP contribution in [0, 0.1) is 0 Å². The number of aromatic nitrogens is 1. The maximum absolute atomic E-state index is 12.1. The van der Waals surface area contributed by atoms with Crippen molar-refractivity contribution in [3.8, 4) is 0 Å². The summed E-state index contributed by atoms with van der Waals surface area (Å²) in [6, 6.07) is 0.355. The Bertz CT molecular complexity index is 328. The zero-order valence-corrected chi connectivity index (χ0v) is 10.8.